The lowest BCUT2D eigenvalue weighted by atomic mass is 9.81. The molecule has 4 rings (SSSR count). The maximum absolute atomic E-state index is 12.6. The van der Waals surface area contributed by atoms with Gasteiger partial charge in [0.15, 0.2) is 0 Å². The normalized spacial score (nSPS) is 26.8. The van der Waals surface area contributed by atoms with E-state index in [1.807, 2.05) is 35.0 Å². The number of tetrazole rings is 1. The van der Waals surface area contributed by atoms with Gasteiger partial charge in [-0.25, -0.2) is 4.68 Å². The van der Waals surface area contributed by atoms with Crippen LogP contribution in [0.5, 0.6) is 0 Å². The molecule has 0 spiro atoms. The minimum Gasteiger partial charge on any atom is -0.383 e. The van der Waals surface area contributed by atoms with Crippen molar-refractivity contribution in [1.82, 2.24) is 25.5 Å². The summed E-state index contributed by atoms with van der Waals surface area (Å²) in [6.45, 7) is 2.12. The number of quaternary nitrogens is 1. The summed E-state index contributed by atoms with van der Waals surface area (Å²) in [4.78, 5) is 14.1. The van der Waals surface area contributed by atoms with Gasteiger partial charge in [0.1, 0.15) is 6.54 Å². The maximum atomic E-state index is 12.6. The second-order valence-electron chi connectivity index (χ2n) is 7.90. The molecule has 8 heteroatoms. The Kier molecular flexibility index (Phi) is 5.97. The van der Waals surface area contributed by atoms with E-state index >= 15 is 0 Å². The highest BCUT2D eigenvalue weighted by Crippen LogP contribution is 2.23. The first kappa shape index (κ1) is 19.0. The molecule has 2 bridgehead atoms. The van der Waals surface area contributed by atoms with Crippen LogP contribution in [0.4, 0.5) is 0 Å². The second-order valence-corrected chi connectivity index (χ2v) is 7.90. The van der Waals surface area contributed by atoms with Crippen LogP contribution < -0.4 is 10.2 Å². The largest absolute Gasteiger partial charge is 0.383 e. The van der Waals surface area contributed by atoms with E-state index in [-0.39, 0.29) is 11.9 Å². The van der Waals surface area contributed by atoms with Crippen molar-refractivity contribution in [3.05, 3.63) is 41.7 Å². The van der Waals surface area contributed by atoms with Crippen molar-refractivity contribution in [2.75, 3.05) is 13.7 Å². The van der Waals surface area contributed by atoms with Crippen molar-refractivity contribution in [3.8, 4) is 0 Å². The fourth-order valence-corrected chi connectivity index (χ4v) is 4.78. The van der Waals surface area contributed by atoms with E-state index in [4.69, 9.17) is 4.74 Å². The molecule has 0 saturated carbocycles. The fourth-order valence-electron chi connectivity index (χ4n) is 4.78. The Bertz CT molecular complexity index is 766. The summed E-state index contributed by atoms with van der Waals surface area (Å²) in [5.74, 6) is 0.964. The van der Waals surface area contributed by atoms with E-state index in [0.29, 0.717) is 25.2 Å². The van der Waals surface area contributed by atoms with Crippen LogP contribution in [0.3, 0.4) is 0 Å². The molecule has 1 aromatic heterocycles. The Hall–Kier alpha value is -2.32. The van der Waals surface area contributed by atoms with Crippen LogP contribution in [-0.4, -0.2) is 58.0 Å². The highest BCUT2D eigenvalue weighted by Gasteiger charge is 2.42. The average molecular weight is 385 g/mol. The van der Waals surface area contributed by atoms with E-state index in [2.05, 4.69) is 20.8 Å². The molecule has 1 aromatic carbocycles. The Morgan fingerprint density at radius 1 is 1.25 bits per heavy atom. The van der Waals surface area contributed by atoms with Crippen molar-refractivity contribution >= 4 is 5.91 Å². The van der Waals surface area contributed by atoms with E-state index in [1.54, 1.807) is 12.0 Å². The van der Waals surface area contributed by atoms with Crippen LogP contribution in [0, 0.1) is 0 Å². The van der Waals surface area contributed by atoms with Crippen molar-refractivity contribution in [1.29, 1.82) is 0 Å². The summed E-state index contributed by atoms with van der Waals surface area (Å²) < 4.78 is 7.02. The zero-order chi connectivity index (χ0) is 19.3. The van der Waals surface area contributed by atoms with Gasteiger partial charge in [0.2, 0.25) is 5.82 Å². The molecule has 2 saturated heterocycles. The number of methoxy groups -OCH3 is 1. The predicted octanol–water partition coefficient (Wildman–Crippen LogP) is 0.218. The van der Waals surface area contributed by atoms with Gasteiger partial charge in [0.25, 0.3) is 5.91 Å². The van der Waals surface area contributed by atoms with Gasteiger partial charge in [-0.3, -0.25) is 4.79 Å². The van der Waals surface area contributed by atoms with Crippen LogP contribution >= 0.6 is 0 Å². The van der Waals surface area contributed by atoms with Crippen LogP contribution in [0.25, 0.3) is 0 Å². The molecule has 2 aliphatic heterocycles. The summed E-state index contributed by atoms with van der Waals surface area (Å²) in [7, 11) is 1.69. The highest BCUT2D eigenvalue weighted by molar-refractivity contribution is 5.94. The van der Waals surface area contributed by atoms with E-state index in [0.717, 1.165) is 30.8 Å². The standard InChI is InChI=1S/C20H28N6O2/c1-28-11-10-26-19(22-23-24-26)14-25-17-8-5-9-18(25)13-16(12-17)21-20(27)15-6-3-2-4-7-15/h2-4,6-7,16-18H,5,8-14H2,1H3,(H,21,27)/p+1/t16?,17-,18+. The summed E-state index contributed by atoms with van der Waals surface area (Å²) in [6.07, 6.45) is 5.70. The molecule has 28 heavy (non-hydrogen) atoms. The number of fused-ring (bicyclic) bond motifs is 2. The molecule has 0 aliphatic carbocycles. The lowest BCUT2D eigenvalue weighted by Crippen LogP contribution is -3.20. The van der Waals surface area contributed by atoms with Gasteiger partial charge in [0.05, 0.1) is 25.2 Å². The topological polar surface area (TPSA) is 86.4 Å². The maximum Gasteiger partial charge on any atom is 0.251 e. The molecule has 2 unspecified atom stereocenters. The molecule has 2 aliphatic rings. The average Bonchev–Trinajstić information content (AvgIpc) is 3.14. The van der Waals surface area contributed by atoms with Gasteiger partial charge in [-0.1, -0.05) is 18.2 Å². The summed E-state index contributed by atoms with van der Waals surface area (Å²) in [6, 6.07) is 10.8. The van der Waals surface area contributed by atoms with Crippen molar-refractivity contribution in [3.63, 3.8) is 0 Å². The van der Waals surface area contributed by atoms with Crippen LogP contribution in [-0.2, 0) is 17.8 Å². The number of piperidine rings is 2. The first-order valence-electron chi connectivity index (χ1n) is 10.2. The van der Waals surface area contributed by atoms with Gasteiger partial charge in [-0.15, -0.1) is 5.10 Å². The summed E-state index contributed by atoms with van der Waals surface area (Å²) in [5, 5.41) is 15.5. The molecule has 1 amide bonds. The minimum absolute atomic E-state index is 0.0376. The number of ether oxygens (including phenoxy) is 1. The third-order valence-electron chi connectivity index (χ3n) is 6.14. The predicted molar refractivity (Wildman–Crippen MR) is 103 cm³/mol. The van der Waals surface area contributed by atoms with Gasteiger partial charge >= 0.3 is 0 Å². The number of carbonyl (C=O) groups excluding carboxylic acids is 1. The monoisotopic (exact) mass is 385 g/mol. The number of benzene rings is 1. The van der Waals surface area contributed by atoms with Crippen molar-refractivity contribution in [2.45, 2.75) is 63.3 Å². The Morgan fingerprint density at radius 2 is 2.00 bits per heavy atom. The number of carbonyl (C=O) groups is 1. The van der Waals surface area contributed by atoms with Crippen molar-refractivity contribution in [2.24, 2.45) is 0 Å². The van der Waals surface area contributed by atoms with E-state index in [9.17, 15) is 4.79 Å². The molecule has 8 nitrogen and oxygen atoms in total. The number of amides is 1. The number of rotatable bonds is 7. The Balaban J connectivity index is 1.40. The third-order valence-corrected chi connectivity index (χ3v) is 6.14. The lowest BCUT2D eigenvalue weighted by Gasteiger charge is -2.45. The number of nitrogens with zero attached hydrogens (tertiary/aromatic N) is 4. The quantitative estimate of drug-likeness (QED) is 0.712. The minimum atomic E-state index is 0.0376. The van der Waals surface area contributed by atoms with E-state index in [1.165, 1.54) is 19.3 Å². The fraction of sp³-hybridized carbons (Fsp3) is 0.600. The van der Waals surface area contributed by atoms with Crippen LogP contribution in [0.2, 0.25) is 0 Å². The smallest absolute Gasteiger partial charge is 0.251 e. The summed E-state index contributed by atoms with van der Waals surface area (Å²) in [5.41, 5.74) is 0.736. The van der Waals surface area contributed by atoms with E-state index < -0.39 is 0 Å². The SMILES string of the molecule is COCCn1nnnc1C[NH+]1[C@@H]2CCC[C@H]1CC(NC(=O)c1ccccc1)C2. The molecule has 2 fully saturated rings. The number of hydrogen-bond donors (Lipinski definition) is 2. The molecule has 0 radical (unpaired) electrons. The first-order valence-corrected chi connectivity index (χ1v) is 10.2. The van der Waals surface area contributed by atoms with Crippen LogP contribution in [0.1, 0.15) is 48.3 Å². The molecule has 2 N–H and O–H groups in total. The Labute approximate surface area is 165 Å². The number of aromatic nitrogens is 4. The lowest BCUT2D eigenvalue weighted by molar-refractivity contribution is -0.974. The molecular weight excluding hydrogens is 356 g/mol. The summed E-state index contributed by atoms with van der Waals surface area (Å²) >= 11 is 0. The molecule has 4 atom stereocenters. The molecule has 2 aromatic rings. The van der Waals surface area contributed by atoms with Crippen molar-refractivity contribution < 1.29 is 14.4 Å². The Morgan fingerprint density at radius 3 is 2.71 bits per heavy atom. The first-order chi connectivity index (χ1) is 13.7. The van der Waals surface area contributed by atoms with Gasteiger partial charge in [-0.2, -0.15) is 0 Å². The zero-order valence-electron chi connectivity index (χ0n) is 16.4. The number of hydrogen-bond acceptors (Lipinski definition) is 5. The molecule has 150 valence electrons. The molecule has 3 heterocycles. The second kappa shape index (κ2) is 8.79. The van der Waals surface area contributed by atoms with Crippen LogP contribution in [0.15, 0.2) is 30.3 Å². The highest BCUT2D eigenvalue weighted by atomic mass is 16.5. The third kappa shape index (κ3) is 4.23. The molecular formula is C20H29N6O2+. The number of nitrogens with one attached hydrogen (secondary N) is 2. The van der Waals surface area contributed by atoms with Gasteiger partial charge in [-0.05, 0) is 41.8 Å². The van der Waals surface area contributed by atoms with Gasteiger partial charge < -0.3 is 15.0 Å². The zero-order valence-corrected chi connectivity index (χ0v) is 16.4. The van der Waals surface area contributed by atoms with Gasteiger partial charge in [0, 0.05) is 31.6 Å².